The van der Waals surface area contributed by atoms with Crippen LogP contribution >= 0.6 is 0 Å². The molecule has 2 aromatic carbocycles. The first-order valence-electron chi connectivity index (χ1n) is 7.89. The Labute approximate surface area is 141 Å². The van der Waals surface area contributed by atoms with Crippen LogP contribution in [0.25, 0.3) is 0 Å². The molecule has 24 heavy (non-hydrogen) atoms. The Kier molecular flexibility index (Phi) is 5.68. The van der Waals surface area contributed by atoms with Crippen molar-refractivity contribution in [2.75, 3.05) is 5.32 Å². The average molecular weight is 328 g/mol. The SMILES string of the molecule is CCC(C)NC(=O)c1ccccc1NC(=O)c1ccc(C)c(F)c1. The zero-order valence-corrected chi connectivity index (χ0v) is 14.0. The maximum atomic E-state index is 13.6. The summed E-state index contributed by atoms with van der Waals surface area (Å²) in [5.41, 5.74) is 1.44. The maximum absolute atomic E-state index is 13.6. The summed E-state index contributed by atoms with van der Waals surface area (Å²) in [6, 6.07) is 11.1. The molecule has 0 aliphatic rings. The Morgan fingerprint density at radius 2 is 1.83 bits per heavy atom. The molecule has 0 fully saturated rings. The molecule has 2 rings (SSSR count). The van der Waals surface area contributed by atoms with E-state index in [2.05, 4.69) is 10.6 Å². The number of carbonyl (C=O) groups is 2. The zero-order valence-electron chi connectivity index (χ0n) is 14.0. The van der Waals surface area contributed by atoms with Crippen molar-refractivity contribution in [3.05, 3.63) is 65.0 Å². The lowest BCUT2D eigenvalue weighted by Crippen LogP contribution is -2.32. The topological polar surface area (TPSA) is 58.2 Å². The van der Waals surface area contributed by atoms with E-state index in [1.165, 1.54) is 6.07 Å². The Bertz CT molecular complexity index is 759. The van der Waals surface area contributed by atoms with Crippen LogP contribution in [0.4, 0.5) is 10.1 Å². The van der Waals surface area contributed by atoms with E-state index in [9.17, 15) is 14.0 Å². The fourth-order valence-electron chi connectivity index (χ4n) is 2.12. The van der Waals surface area contributed by atoms with Crippen LogP contribution in [0.1, 0.15) is 46.5 Å². The van der Waals surface area contributed by atoms with Gasteiger partial charge < -0.3 is 10.6 Å². The molecular weight excluding hydrogens is 307 g/mol. The normalized spacial score (nSPS) is 11.7. The molecule has 1 unspecified atom stereocenters. The van der Waals surface area contributed by atoms with Crippen LogP contribution < -0.4 is 10.6 Å². The van der Waals surface area contributed by atoms with Gasteiger partial charge in [-0.25, -0.2) is 4.39 Å². The van der Waals surface area contributed by atoms with Gasteiger partial charge in [0.15, 0.2) is 0 Å². The third kappa shape index (κ3) is 4.19. The van der Waals surface area contributed by atoms with Crippen LogP contribution in [0.2, 0.25) is 0 Å². The molecule has 1 atom stereocenters. The lowest BCUT2D eigenvalue weighted by atomic mass is 10.1. The minimum Gasteiger partial charge on any atom is -0.350 e. The third-order valence-electron chi connectivity index (χ3n) is 3.84. The highest BCUT2D eigenvalue weighted by atomic mass is 19.1. The molecule has 2 N–H and O–H groups in total. The average Bonchev–Trinajstić information content (AvgIpc) is 2.57. The molecule has 0 heterocycles. The van der Waals surface area contributed by atoms with E-state index in [1.54, 1.807) is 43.3 Å². The second-order valence-corrected chi connectivity index (χ2v) is 5.75. The Hall–Kier alpha value is -2.69. The number of nitrogens with one attached hydrogen (secondary N) is 2. The number of rotatable bonds is 5. The van der Waals surface area contributed by atoms with Gasteiger partial charge in [0.25, 0.3) is 11.8 Å². The molecule has 0 saturated carbocycles. The van der Waals surface area contributed by atoms with Gasteiger partial charge in [0.05, 0.1) is 11.3 Å². The van der Waals surface area contributed by atoms with Crippen molar-refractivity contribution >= 4 is 17.5 Å². The number of carbonyl (C=O) groups excluding carboxylic acids is 2. The first-order chi connectivity index (χ1) is 11.4. The number of hydrogen-bond donors (Lipinski definition) is 2. The van der Waals surface area contributed by atoms with Crippen LogP contribution in [-0.2, 0) is 0 Å². The molecular formula is C19H21FN2O2. The summed E-state index contributed by atoms with van der Waals surface area (Å²) in [5, 5.41) is 5.54. The highest BCUT2D eigenvalue weighted by Crippen LogP contribution is 2.17. The fourth-order valence-corrected chi connectivity index (χ4v) is 2.12. The van der Waals surface area contributed by atoms with E-state index < -0.39 is 11.7 Å². The predicted molar refractivity (Wildman–Crippen MR) is 92.8 cm³/mol. The van der Waals surface area contributed by atoms with Crippen molar-refractivity contribution in [1.82, 2.24) is 5.32 Å². The second kappa shape index (κ2) is 7.73. The van der Waals surface area contributed by atoms with Gasteiger partial charge in [-0.3, -0.25) is 9.59 Å². The minimum atomic E-state index is -0.460. The molecule has 126 valence electrons. The summed E-state index contributed by atoms with van der Waals surface area (Å²) in [7, 11) is 0. The van der Waals surface area contributed by atoms with Crippen molar-refractivity contribution < 1.29 is 14.0 Å². The second-order valence-electron chi connectivity index (χ2n) is 5.75. The van der Waals surface area contributed by atoms with Crippen LogP contribution in [-0.4, -0.2) is 17.9 Å². The molecule has 2 aromatic rings. The Morgan fingerprint density at radius 3 is 2.50 bits per heavy atom. The van der Waals surface area contributed by atoms with Gasteiger partial charge in [0, 0.05) is 11.6 Å². The van der Waals surface area contributed by atoms with Crippen molar-refractivity contribution in [3.8, 4) is 0 Å². The summed E-state index contributed by atoms with van der Waals surface area (Å²) in [5.74, 6) is -1.15. The summed E-state index contributed by atoms with van der Waals surface area (Å²) in [6.45, 7) is 5.52. The van der Waals surface area contributed by atoms with Gasteiger partial charge in [-0.1, -0.05) is 25.1 Å². The smallest absolute Gasteiger partial charge is 0.255 e. The molecule has 0 bridgehead atoms. The van der Waals surface area contributed by atoms with Crippen molar-refractivity contribution in [2.24, 2.45) is 0 Å². The van der Waals surface area contributed by atoms with Gasteiger partial charge in [0.2, 0.25) is 0 Å². The maximum Gasteiger partial charge on any atom is 0.255 e. The predicted octanol–water partition coefficient (Wildman–Crippen LogP) is 3.91. The van der Waals surface area contributed by atoms with Gasteiger partial charge >= 0.3 is 0 Å². The number of halogens is 1. The summed E-state index contributed by atoms with van der Waals surface area (Å²) in [6.07, 6.45) is 0.808. The molecule has 0 radical (unpaired) electrons. The van der Waals surface area contributed by atoms with Crippen molar-refractivity contribution in [2.45, 2.75) is 33.2 Å². The van der Waals surface area contributed by atoms with Crippen LogP contribution in [0, 0.1) is 12.7 Å². The first kappa shape index (κ1) is 17.7. The monoisotopic (exact) mass is 328 g/mol. The molecule has 5 heteroatoms. The first-order valence-corrected chi connectivity index (χ1v) is 7.89. The van der Waals surface area contributed by atoms with E-state index in [-0.39, 0.29) is 17.5 Å². The third-order valence-corrected chi connectivity index (χ3v) is 3.84. The minimum absolute atomic E-state index is 0.0347. The molecule has 4 nitrogen and oxygen atoms in total. The highest BCUT2D eigenvalue weighted by molar-refractivity contribution is 6.09. The summed E-state index contributed by atoms with van der Waals surface area (Å²) < 4.78 is 13.6. The van der Waals surface area contributed by atoms with E-state index >= 15 is 0 Å². The van der Waals surface area contributed by atoms with E-state index in [1.807, 2.05) is 13.8 Å². The number of aryl methyl sites for hydroxylation is 1. The summed E-state index contributed by atoms with van der Waals surface area (Å²) in [4.78, 5) is 24.7. The molecule has 0 saturated heterocycles. The Balaban J connectivity index is 2.22. The van der Waals surface area contributed by atoms with Gasteiger partial charge in [-0.2, -0.15) is 0 Å². The number of para-hydroxylation sites is 1. The number of anilines is 1. The highest BCUT2D eigenvalue weighted by Gasteiger charge is 2.15. The quantitative estimate of drug-likeness (QED) is 0.874. The lowest BCUT2D eigenvalue weighted by Gasteiger charge is -2.14. The van der Waals surface area contributed by atoms with Gasteiger partial charge in [0.1, 0.15) is 5.82 Å². The molecule has 2 amide bonds. The molecule has 0 aromatic heterocycles. The van der Waals surface area contributed by atoms with Gasteiger partial charge in [-0.15, -0.1) is 0 Å². The zero-order chi connectivity index (χ0) is 17.7. The largest absolute Gasteiger partial charge is 0.350 e. The number of benzene rings is 2. The number of amides is 2. The van der Waals surface area contributed by atoms with Crippen LogP contribution in [0.15, 0.2) is 42.5 Å². The number of hydrogen-bond acceptors (Lipinski definition) is 2. The standard InChI is InChI=1S/C19H21FN2O2/c1-4-13(3)21-19(24)15-7-5-6-8-17(15)22-18(23)14-10-9-12(2)16(20)11-14/h5-11,13H,4H2,1-3H3,(H,21,24)(H,22,23). The van der Waals surface area contributed by atoms with Crippen LogP contribution in [0.3, 0.4) is 0 Å². The van der Waals surface area contributed by atoms with Crippen molar-refractivity contribution in [3.63, 3.8) is 0 Å². The van der Waals surface area contributed by atoms with Gasteiger partial charge in [-0.05, 0) is 50.1 Å². The Morgan fingerprint density at radius 1 is 1.12 bits per heavy atom. The van der Waals surface area contributed by atoms with E-state index in [0.29, 0.717) is 16.8 Å². The van der Waals surface area contributed by atoms with E-state index in [4.69, 9.17) is 0 Å². The van der Waals surface area contributed by atoms with Crippen molar-refractivity contribution in [1.29, 1.82) is 0 Å². The van der Waals surface area contributed by atoms with Crippen LogP contribution in [0.5, 0.6) is 0 Å². The molecule has 0 aliphatic carbocycles. The lowest BCUT2D eigenvalue weighted by molar-refractivity contribution is 0.0940. The summed E-state index contributed by atoms with van der Waals surface area (Å²) >= 11 is 0. The fraction of sp³-hybridized carbons (Fsp3) is 0.263. The molecule has 0 spiro atoms. The molecule has 0 aliphatic heterocycles. The van der Waals surface area contributed by atoms with E-state index in [0.717, 1.165) is 6.42 Å².